The van der Waals surface area contributed by atoms with Crippen LogP contribution in [-0.4, -0.2) is 32.5 Å². The first kappa shape index (κ1) is 20.0. The molecule has 28 heavy (non-hydrogen) atoms. The third-order valence-electron chi connectivity index (χ3n) is 4.27. The van der Waals surface area contributed by atoms with Crippen LogP contribution in [0, 0.1) is 0 Å². The first-order chi connectivity index (χ1) is 13.6. The molecular weight excluding hydrogens is 378 g/mol. The predicted molar refractivity (Wildman–Crippen MR) is 110 cm³/mol. The van der Waals surface area contributed by atoms with E-state index in [-0.39, 0.29) is 12.1 Å². The van der Waals surface area contributed by atoms with Gasteiger partial charge in [0.25, 0.3) is 0 Å². The number of halogens is 1. The summed E-state index contributed by atoms with van der Waals surface area (Å²) in [7, 11) is 1.64. The summed E-state index contributed by atoms with van der Waals surface area (Å²) in [5.74, 6) is 1.35. The lowest BCUT2D eigenvalue weighted by atomic mass is 10.1. The topological polar surface area (TPSA) is 48.0 Å². The minimum absolute atomic E-state index is 0.207. The van der Waals surface area contributed by atoms with Gasteiger partial charge in [-0.05, 0) is 61.0 Å². The first-order valence-electron chi connectivity index (χ1n) is 8.93. The Morgan fingerprint density at radius 1 is 1.18 bits per heavy atom. The number of methoxy groups -OCH3 is 1. The molecule has 0 bridgehead atoms. The maximum absolute atomic E-state index is 12.4. The molecule has 3 rings (SSSR count). The Morgan fingerprint density at radius 3 is 2.43 bits per heavy atom. The van der Waals surface area contributed by atoms with Crippen molar-refractivity contribution in [3.8, 4) is 11.5 Å². The van der Waals surface area contributed by atoms with E-state index in [9.17, 15) is 4.79 Å². The zero-order valence-corrected chi connectivity index (χ0v) is 16.6. The molecule has 1 heterocycles. The second-order valence-electron chi connectivity index (χ2n) is 6.17. The van der Waals surface area contributed by atoms with Crippen molar-refractivity contribution in [1.29, 1.82) is 0 Å². The normalized spacial score (nSPS) is 17.2. The lowest BCUT2D eigenvalue weighted by molar-refractivity contribution is 0.179. The highest BCUT2D eigenvalue weighted by atomic mass is 35.5. The first-order valence-corrected chi connectivity index (χ1v) is 9.31. The Morgan fingerprint density at radius 2 is 1.82 bits per heavy atom. The highest BCUT2D eigenvalue weighted by molar-refractivity contribution is 6.30. The number of carbonyl (C=O) groups is 1. The van der Waals surface area contributed by atoms with Crippen LogP contribution in [0.3, 0.4) is 0 Å². The number of nitrogens with zero attached hydrogens (tertiary/aromatic N) is 1. The molecule has 0 N–H and O–H groups in total. The number of carbonyl (C=O) groups excluding carboxylic acids is 1. The summed E-state index contributed by atoms with van der Waals surface area (Å²) in [6, 6.07) is 14.3. The van der Waals surface area contributed by atoms with Gasteiger partial charge in [-0.1, -0.05) is 29.8 Å². The molecule has 1 amide bonds. The Kier molecular flexibility index (Phi) is 6.74. The highest BCUT2D eigenvalue weighted by Crippen LogP contribution is 2.30. The molecule has 0 saturated carbocycles. The Bertz CT molecular complexity index is 859. The van der Waals surface area contributed by atoms with Gasteiger partial charge in [0.1, 0.15) is 18.1 Å². The molecule has 5 nitrogen and oxygen atoms in total. The lowest BCUT2D eigenvalue weighted by Crippen LogP contribution is -2.34. The van der Waals surface area contributed by atoms with Crippen LogP contribution in [0.15, 0.2) is 72.3 Å². The summed E-state index contributed by atoms with van der Waals surface area (Å²) < 4.78 is 16.3. The van der Waals surface area contributed by atoms with E-state index in [0.717, 1.165) is 11.3 Å². The fourth-order valence-electron chi connectivity index (χ4n) is 2.95. The van der Waals surface area contributed by atoms with Gasteiger partial charge < -0.3 is 14.2 Å². The van der Waals surface area contributed by atoms with Crippen molar-refractivity contribution >= 4 is 23.4 Å². The van der Waals surface area contributed by atoms with Crippen LogP contribution in [0.2, 0.25) is 5.02 Å². The molecule has 6 heteroatoms. The monoisotopic (exact) mass is 399 g/mol. The van der Waals surface area contributed by atoms with E-state index in [0.29, 0.717) is 29.7 Å². The van der Waals surface area contributed by atoms with Gasteiger partial charge in [-0.3, -0.25) is 4.90 Å². The smallest absolute Gasteiger partial charge is 0.415 e. The fourth-order valence-corrected chi connectivity index (χ4v) is 3.08. The molecule has 0 aliphatic carbocycles. The molecule has 0 radical (unpaired) electrons. The minimum Gasteiger partial charge on any atom is -0.457 e. The van der Waals surface area contributed by atoms with Crippen LogP contribution < -0.4 is 9.64 Å². The largest absolute Gasteiger partial charge is 0.457 e. The summed E-state index contributed by atoms with van der Waals surface area (Å²) in [6.45, 7) is 2.69. The molecule has 146 valence electrons. The maximum atomic E-state index is 12.4. The Balaban J connectivity index is 1.80. The second-order valence-corrected chi connectivity index (χ2v) is 6.61. The van der Waals surface area contributed by atoms with E-state index in [4.69, 9.17) is 25.8 Å². The number of hydrogen-bond donors (Lipinski definition) is 0. The van der Waals surface area contributed by atoms with Gasteiger partial charge in [-0.15, -0.1) is 0 Å². The van der Waals surface area contributed by atoms with Gasteiger partial charge in [0, 0.05) is 17.8 Å². The summed E-state index contributed by atoms with van der Waals surface area (Å²) in [5.41, 5.74) is 1.71. The molecule has 0 aromatic heterocycles. The van der Waals surface area contributed by atoms with Crippen molar-refractivity contribution in [1.82, 2.24) is 0 Å². The molecule has 1 aliphatic heterocycles. The van der Waals surface area contributed by atoms with Crippen molar-refractivity contribution in [3.63, 3.8) is 0 Å². The average Bonchev–Trinajstić information content (AvgIpc) is 3.09. The molecule has 2 aromatic carbocycles. The quantitative estimate of drug-likeness (QED) is 0.568. The van der Waals surface area contributed by atoms with Crippen LogP contribution in [0.4, 0.5) is 10.5 Å². The summed E-state index contributed by atoms with van der Waals surface area (Å²) in [5, 5.41) is 0.653. The molecule has 1 atom stereocenters. The van der Waals surface area contributed by atoms with Crippen LogP contribution >= 0.6 is 11.6 Å². The zero-order chi connectivity index (χ0) is 19.9. The van der Waals surface area contributed by atoms with Crippen molar-refractivity contribution in [2.75, 3.05) is 25.2 Å². The SMILES string of the molecule is C/C=C\C(=C/COC)[C@H]1COC(=O)N1c1ccc(Oc2ccc(Cl)cc2)cc1. The standard InChI is InChI=1S/C22H22ClNO4/c1-3-4-16(13-14-26-2)21-15-27-22(25)24(21)18-7-11-20(12-8-18)28-19-9-5-17(23)6-10-19/h3-13,21H,14-15H2,1-2H3/b4-3-,16-13+/t21-/m1/s1. The summed E-state index contributed by atoms with van der Waals surface area (Å²) in [6.07, 6.45) is 5.49. The number of rotatable bonds is 7. The number of cyclic esters (lactones) is 1. The van der Waals surface area contributed by atoms with Crippen molar-refractivity contribution < 1.29 is 19.0 Å². The fraction of sp³-hybridized carbons (Fsp3) is 0.227. The third kappa shape index (κ3) is 4.74. The molecule has 0 spiro atoms. The van der Waals surface area contributed by atoms with E-state index in [1.165, 1.54) is 0 Å². The minimum atomic E-state index is -0.371. The highest BCUT2D eigenvalue weighted by Gasteiger charge is 2.35. The van der Waals surface area contributed by atoms with Crippen molar-refractivity contribution in [2.45, 2.75) is 13.0 Å². The number of allylic oxidation sites excluding steroid dienone is 1. The zero-order valence-electron chi connectivity index (χ0n) is 15.8. The summed E-state index contributed by atoms with van der Waals surface area (Å²) >= 11 is 5.89. The number of benzene rings is 2. The van der Waals surface area contributed by atoms with E-state index >= 15 is 0 Å². The van der Waals surface area contributed by atoms with E-state index in [1.54, 1.807) is 36.3 Å². The molecule has 0 unspecified atom stereocenters. The van der Waals surface area contributed by atoms with Crippen LogP contribution in [0.25, 0.3) is 0 Å². The van der Waals surface area contributed by atoms with Crippen LogP contribution in [-0.2, 0) is 9.47 Å². The number of anilines is 1. The Hall–Kier alpha value is -2.76. The van der Waals surface area contributed by atoms with Gasteiger partial charge >= 0.3 is 6.09 Å². The number of hydrogen-bond acceptors (Lipinski definition) is 4. The van der Waals surface area contributed by atoms with E-state index < -0.39 is 0 Å². The summed E-state index contributed by atoms with van der Waals surface area (Å²) in [4.78, 5) is 14.0. The van der Waals surface area contributed by atoms with Crippen LogP contribution in [0.1, 0.15) is 6.92 Å². The van der Waals surface area contributed by atoms with Gasteiger partial charge in [-0.25, -0.2) is 4.79 Å². The second kappa shape index (κ2) is 9.44. The lowest BCUT2D eigenvalue weighted by Gasteiger charge is -2.23. The Labute approximate surface area is 169 Å². The van der Waals surface area contributed by atoms with Gasteiger partial charge in [0.15, 0.2) is 0 Å². The molecule has 2 aromatic rings. The molecule has 1 fully saturated rings. The van der Waals surface area contributed by atoms with Crippen LogP contribution in [0.5, 0.6) is 11.5 Å². The number of amides is 1. The van der Waals surface area contributed by atoms with Gasteiger partial charge in [-0.2, -0.15) is 0 Å². The van der Waals surface area contributed by atoms with Gasteiger partial charge in [0.05, 0.1) is 12.6 Å². The average molecular weight is 400 g/mol. The van der Waals surface area contributed by atoms with E-state index in [1.807, 2.05) is 49.4 Å². The predicted octanol–water partition coefficient (Wildman–Crippen LogP) is 5.61. The molecule has 1 saturated heterocycles. The third-order valence-corrected chi connectivity index (χ3v) is 4.52. The molecule has 1 aliphatic rings. The number of ether oxygens (including phenoxy) is 3. The van der Waals surface area contributed by atoms with Gasteiger partial charge in [0.2, 0.25) is 0 Å². The maximum Gasteiger partial charge on any atom is 0.415 e. The van der Waals surface area contributed by atoms with Crippen molar-refractivity contribution in [2.24, 2.45) is 0 Å². The van der Waals surface area contributed by atoms with E-state index in [2.05, 4.69) is 0 Å². The van der Waals surface area contributed by atoms with Crippen molar-refractivity contribution in [3.05, 3.63) is 77.4 Å². The molecular formula is C22H22ClNO4.